The highest BCUT2D eigenvalue weighted by molar-refractivity contribution is 6.74. The van der Waals surface area contributed by atoms with Crippen LogP contribution in [0, 0.1) is 11.8 Å². The van der Waals surface area contributed by atoms with Gasteiger partial charge in [0.2, 0.25) is 0 Å². The van der Waals surface area contributed by atoms with Crippen LogP contribution in [0.1, 0.15) is 54.9 Å². The zero-order valence-corrected chi connectivity index (χ0v) is 17.0. The molecule has 0 heterocycles. The van der Waals surface area contributed by atoms with Crippen molar-refractivity contribution in [2.75, 3.05) is 0 Å². The van der Waals surface area contributed by atoms with Crippen molar-refractivity contribution >= 4 is 14.1 Å². The van der Waals surface area contributed by atoms with Gasteiger partial charge in [-0.2, -0.15) is 0 Å². The summed E-state index contributed by atoms with van der Waals surface area (Å²) in [5, 5.41) is 10.6. The molecule has 4 heteroatoms. The topological polar surface area (TPSA) is 46.5 Å². The van der Waals surface area contributed by atoms with Gasteiger partial charge in [-0.15, -0.1) is 0 Å². The summed E-state index contributed by atoms with van der Waals surface area (Å²) >= 11 is 0. The highest BCUT2D eigenvalue weighted by Gasteiger charge is 2.41. The maximum absolute atomic E-state index is 11.9. The first-order chi connectivity index (χ1) is 9.76. The van der Waals surface area contributed by atoms with Crippen molar-refractivity contribution < 1.29 is 14.3 Å². The summed E-state index contributed by atoms with van der Waals surface area (Å²) in [6, 6.07) is 0. The third kappa shape index (κ3) is 5.32. The van der Waals surface area contributed by atoms with Crippen molar-refractivity contribution in [1.82, 2.24) is 0 Å². The van der Waals surface area contributed by atoms with Gasteiger partial charge < -0.3 is 9.53 Å². The monoisotopic (exact) mass is 328 g/mol. The lowest BCUT2D eigenvalue weighted by Crippen LogP contribution is -2.47. The van der Waals surface area contributed by atoms with E-state index in [0.717, 1.165) is 0 Å². The molecule has 0 aromatic rings. The van der Waals surface area contributed by atoms with Crippen LogP contribution >= 0.6 is 0 Å². The van der Waals surface area contributed by atoms with E-state index in [2.05, 4.69) is 54.3 Å². The van der Waals surface area contributed by atoms with E-state index in [1.807, 2.05) is 6.92 Å². The van der Waals surface area contributed by atoms with Crippen LogP contribution in [0.15, 0.2) is 12.2 Å². The molecule has 0 saturated heterocycles. The number of aliphatic hydroxyl groups excluding tert-OH is 1. The summed E-state index contributed by atoms with van der Waals surface area (Å²) in [4.78, 5) is 11.9. The molecule has 3 atom stereocenters. The molecule has 0 fully saturated rings. The summed E-state index contributed by atoms with van der Waals surface area (Å²) < 4.78 is 6.48. The standard InChI is InChI=1S/C18H36O3Si/c1-11-15(19)13(4)16(20)14(5)17(12(2)3)21-22(9,10)18(6,7)8/h12-13,16-17,20H,5,11H2,1-4,6-10H3/t13-,16+,17-/m0/s1. The zero-order chi connectivity index (χ0) is 17.9. The number of carbonyl (C=O) groups excluding carboxylic acids is 1. The van der Waals surface area contributed by atoms with Crippen molar-refractivity contribution in [3.63, 3.8) is 0 Å². The lowest BCUT2D eigenvalue weighted by atomic mass is 9.87. The third-order valence-corrected chi connectivity index (χ3v) is 9.36. The molecule has 0 aliphatic carbocycles. The smallest absolute Gasteiger partial charge is 0.192 e. The highest BCUT2D eigenvalue weighted by Crippen LogP contribution is 2.39. The molecule has 0 aromatic heterocycles. The van der Waals surface area contributed by atoms with Crippen LogP contribution in [0.25, 0.3) is 0 Å². The number of hydrogen-bond donors (Lipinski definition) is 1. The number of ketones is 1. The van der Waals surface area contributed by atoms with Gasteiger partial charge in [0.05, 0.1) is 12.2 Å². The average molecular weight is 329 g/mol. The lowest BCUT2D eigenvalue weighted by Gasteiger charge is -2.42. The fourth-order valence-electron chi connectivity index (χ4n) is 2.12. The SMILES string of the molecule is C=C([C@@H](O[Si](C)(C)C(C)(C)C)C(C)C)[C@H](O)[C@@H](C)C(=O)CC. The molecule has 0 bridgehead atoms. The average Bonchev–Trinajstić information content (AvgIpc) is 2.39. The fourth-order valence-corrected chi connectivity index (χ4v) is 3.53. The van der Waals surface area contributed by atoms with Gasteiger partial charge in [-0.3, -0.25) is 4.79 Å². The normalized spacial score (nSPS) is 17.2. The van der Waals surface area contributed by atoms with E-state index in [4.69, 9.17) is 4.43 Å². The Balaban J connectivity index is 5.27. The molecule has 1 N–H and O–H groups in total. The van der Waals surface area contributed by atoms with Crippen molar-refractivity contribution in [2.45, 2.75) is 85.2 Å². The molecule has 0 aliphatic rings. The Morgan fingerprint density at radius 2 is 1.68 bits per heavy atom. The van der Waals surface area contributed by atoms with E-state index < -0.39 is 20.3 Å². The summed E-state index contributed by atoms with van der Waals surface area (Å²) in [5.74, 6) is -0.162. The summed E-state index contributed by atoms with van der Waals surface area (Å²) in [7, 11) is -1.97. The summed E-state index contributed by atoms with van der Waals surface area (Å²) in [5.41, 5.74) is 0.633. The Kier molecular flexibility index (Phi) is 7.73. The van der Waals surface area contributed by atoms with Crippen LogP contribution in [-0.4, -0.2) is 31.4 Å². The number of carbonyl (C=O) groups is 1. The van der Waals surface area contributed by atoms with E-state index in [1.165, 1.54) is 0 Å². The maximum Gasteiger partial charge on any atom is 0.192 e. The number of Topliss-reactive ketones (excluding diaryl/α,β-unsaturated/α-hetero) is 1. The van der Waals surface area contributed by atoms with Gasteiger partial charge >= 0.3 is 0 Å². The van der Waals surface area contributed by atoms with Crippen LogP contribution in [0.5, 0.6) is 0 Å². The minimum absolute atomic E-state index is 0.0588. The molecule has 0 radical (unpaired) electrons. The minimum Gasteiger partial charge on any atom is -0.410 e. The second kappa shape index (κ2) is 7.89. The van der Waals surface area contributed by atoms with Crippen molar-refractivity contribution in [1.29, 1.82) is 0 Å². The largest absolute Gasteiger partial charge is 0.410 e. The van der Waals surface area contributed by atoms with Crippen molar-refractivity contribution in [2.24, 2.45) is 11.8 Å². The van der Waals surface area contributed by atoms with Crippen LogP contribution in [-0.2, 0) is 9.22 Å². The Morgan fingerprint density at radius 3 is 2.00 bits per heavy atom. The van der Waals surface area contributed by atoms with Gasteiger partial charge in [0, 0.05) is 12.3 Å². The molecule has 0 amide bonds. The van der Waals surface area contributed by atoms with Gasteiger partial charge in [0.25, 0.3) is 0 Å². The van der Waals surface area contributed by atoms with E-state index in [-0.39, 0.29) is 22.8 Å². The molecule has 130 valence electrons. The quantitative estimate of drug-likeness (QED) is 0.524. The molecule has 0 unspecified atom stereocenters. The molecule has 0 aliphatic heterocycles. The molecule has 0 aromatic carbocycles. The summed E-state index contributed by atoms with van der Waals surface area (Å²) in [6.07, 6.45) is -0.631. The van der Waals surface area contributed by atoms with Gasteiger partial charge in [0.15, 0.2) is 8.32 Å². The number of rotatable bonds is 8. The molecule has 0 saturated carbocycles. The molecule has 3 nitrogen and oxygen atoms in total. The maximum atomic E-state index is 11.9. The zero-order valence-electron chi connectivity index (χ0n) is 16.0. The first kappa shape index (κ1) is 21.5. The molecule has 0 spiro atoms. The Hall–Kier alpha value is -0.453. The van der Waals surface area contributed by atoms with E-state index in [0.29, 0.717) is 12.0 Å². The van der Waals surface area contributed by atoms with Crippen LogP contribution in [0.2, 0.25) is 18.1 Å². The molecule has 22 heavy (non-hydrogen) atoms. The molecular weight excluding hydrogens is 292 g/mol. The van der Waals surface area contributed by atoms with Crippen LogP contribution in [0.4, 0.5) is 0 Å². The minimum atomic E-state index is -1.97. The van der Waals surface area contributed by atoms with E-state index >= 15 is 0 Å². The molecular formula is C18H36O3Si. The van der Waals surface area contributed by atoms with Crippen LogP contribution < -0.4 is 0 Å². The number of aliphatic hydroxyl groups is 1. The van der Waals surface area contributed by atoms with E-state index in [1.54, 1.807) is 6.92 Å². The van der Waals surface area contributed by atoms with Gasteiger partial charge in [-0.1, -0.05) is 55.0 Å². The van der Waals surface area contributed by atoms with Gasteiger partial charge in [-0.25, -0.2) is 0 Å². The van der Waals surface area contributed by atoms with E-state index in [9.17, 15) is 9.90 Å². The highest BCUT2D eigenvalue weighted by atomic mass is 28.4. The fraction of sp³-hybridized carbons (Fsp3) is 0.833. The summed E-state index contributed by atoms with van der Waals surface area (Å²) in [6.45, 7) is 22.8. The van der Waals surface area contributed by atoms with Crippen molar-refractivity contribution in [3.8, 4) is 0 Å². The second-order valence-electron chi connectivity index (χ2n) is 8.17. The predicted molar refractivity (Wildman–Crippen MR) is 96.5 cm³/mol. The Labute approximate surface area is 138 Å². The van der Waals surface area contributed by atoms with Gasteiger partial charge in [0.1, 0.15) is 5.78 Å². The third-order valence-electron chi connectivity index (χ3n) is 4.91. The van der Waals surface area contributed by atoms with Crippen LogP contribution in [0.3, 0.4) is 0 Å². The van der Waals surface area contributed by atoms with Crippen molar-refractivity contribution in [3.05, 3.63) is 12.2 Å². The first-order valence-corrected chi connectivity index (χ1v) is 11.2. The van der Waals surface area contributed by atoms with Gasteiger partial charge in [-0.05, 0) is 29.6 Å². The second-order valence-corrected chi connectivity index (χ2v) is 12.9. The first-order valence-electron chi connectivity index (χ1n) is 8.33. The lowest BCUT2D eigenvalue weighted by molar-refractivity contribution is -0.124. The number of hydrogen-bond acceptors (Lipinski definition) is 3. The Bertz CT molecular complexity index is 394. The Morgan fingerprint density at radius 1 is 1.23 bits per heavy atom. The molecule has 0 rings (SSSR count). The predicted octanol–water partition coefficient (Wildman–Crippen LogP) is 4.57.